The van der Waals surface area contributed by atoms with Crippen molar-refractivity contribution in [3.63, 3.8) is 0 Å². The Hall–Kier alpha value is -2.49. The predicted molar refractivity (Wildman–Crippen MR) is 95.6 cm³/mol. The quantitative estimate of drug-likeness (QED) is 0.874. The number of rotatable bonds is 6. The maximum atomic E-state index is 12.4. The van der Waals surface area contributed by atoms with E-state index >= 15 is 0 Å². The summed E-state index contributed by atoms with van der Waals surface area (Å²) in [7, 11) is 1.60. The first-order valence-electron chi connectivity index (χ1n) is 8.09. The summed E-state index contributed by atoms with van der Waals surface area (Å²) in [6.45, 7) is 7.84. The van der Waals surface area contributed by atoms with Crippen molar-refractivity contribution in [3.05, 3.63) is 59.2 Å². The van der Waals surface area contributed by atoms with Crippen molar-refractivity contribution in [3.8, 4) is 11.5 Å². The molecule has 4 heteroatoms. The van der Waals surface area contributed by atoms with Gasteiger partial charge in [-0.25, -0.2) is 0 Å². The molecule has 24 heavy (non-hydrogen) atoms. The van der Waals surface area contributed by atoms with Crippen LogP contribution < -0.4 is 14.8 Å². The molecule has 0 aromatic heterocycles. The molecule has 1 N–H and O–H groups in total. The molecular weight excluding hydrogens is 302 g/mol. The average molecular weight is 327 g/mol. The van der Waals surface area contributed by atoms with E-state index in [4.69, 9.17) is 9.47 Å². The lowest BCUT2D eigenvalue weighted by molar-refractivity contribution is -0.127. The number of ether oxygens (including phenoxy) is 2. The van der Waals surface area contributed by atoms with Crippen LogP contribution in [0.15, 0.2) is 42.5 Å². The van der Waals surface area contributed by atoms with Crippen LogP contribution >= 0.6 is 0 Å². The van der Waals surface area contributed by atoms with E-state index < -0.39 is 6.10 Å². The van der Waals surface area contributed by atoms with Gasteiger partial charge >= 0.3 is 0 Å². The first kappa shape index (κ1) is 17.9. The molecule has 0 unspecified atom stereocenters. The van der Waals surface area contributed by atoms with E-state index in [9.17, 15) is 4.79 Å². The average Bonchev–Trinajstić information content (AvgIpc) is 2.54. The van der Waals surface area contributed by atoms with Crippen LogP contribution in [-0.4, -0.2) is 19.1 Å². The van der Waals surface area contributed by atoms with E-state index in [-0.39, 0.29) is 11.9 Å². The number of methoxy groups -OCH3 is 1. The summed E-state index contributed by atoms with van der Waals surface area (Å²) in [4.78, 5) is 12.4. The van der Waals surface area contributed by atoms with Crippen LogP contribution in [0.1, 0.15) is 36.6 Å². The Morgan fingerprint density at radius 1 is 1.04 bits per heavy atom. The molecule has 0 aliphatic rings. The predicted octanol–water partition coefficient (Wildman–Crippen LogP) is 3.96. The summed E-state index contributed by atoms with van der Waals surface area (Å²) in [6, 6.07) is 13.4. The van der Waals surface area contributed by atoms with Gasteiger partial charge < -0.3 is 14.8 Å². The largest absolute Gasteiger partial charge is 0.497 e. The molecular formula is C20H25NO3. The zero-order valence-electron chi connectivity index (χ0n) is 14.9. The molecule has 1 amide bonds. The van der Waals surface area contributed by atoms with Crippen LogP contribution in [0.25, 0.3) is 0 Å². The third kappa shape index (κ3) is 4.51. The zero-order chi connectivity index (χ0) is 17.7. The molecule has 0 aliphatic heterocycles. The third-order valence-electron chi connectivity index (χ3n) is 3.97. The minimum Gasteiger partial charge on any atom is -0.497 e. The minimum absolute atomic E-state index is 0.0746. The van der Waals surface area contributed by atoms with Crippen LogP contribution in [0.5, 0.6) is 11.5 Å². The van der Waals surface area contributed by atoms with Gasteiger partial charge in [0.1, 0.15) is 11.5 Å². The monoisotopic (exact) mass is 327 g/mol. The fourth-order valence-electron chi connectivity index (χ4n) is 2.65. The highest BCUT2D eigenvalue weighted by molar-refractivity contribution is 5.81. The highest BCUT2D eigenvalue weighted by Gasteiger charge is 2.18. The van der Waals surface area contributed by atoms with E-state index in [2.05, 4.69) is 37.4 Å². The van der Waals surface area contributed by atoms with Crippen molar-refractivity contribution in [2.45, 2.75) is 39.8 Å². The summed E-state index contributed by atoms with van der Waals surface area (Å²) in [5.74, 6) is 1.16. The number of carbonyl (C=O) groups excluding carboxylic acids is 1. The van der Waals surface area contributed by atoms with Crippen molar-refractivity contribution >= 4 is 5.91 Å². The Morgan fingerprint density at radius 3 is 2.42 bits per heavy atom. The number of carbonyl (C=O) groups is 1. The van der Waals surface area contributed by atoms with Crippen LogP contribution in [0.2, 0.25) is 0 Å². The Kier molecular flexibility index (Phi) is 5.85. The number of hydrogen-bond acceptors (Lipinski definition) is 3. The standard InChI is InChI=1S/C20H25NO3/c1-13-9-10-19(14(2)11-13)15(3)21-20(22)16(4)24-18-8-6-7-17(12-18)23-5/h6-12,15-16H,1-5H3,(H,21,22)/t15-,16+/m0/s1. The van der Waals surface area contributed by atoms with E-state index in [0.29, 0.717) is 11.5 Å². The maximum Gasteiger partial charge on any atom is 0.261 e. The van der Waals surface area contributed by atoms with Gasteiger partial charge in [0.25, 0.3) is 5.91 Å². The lowest BCUT2D eigenvalue weighted by atomic mass is 10.0. The molecule has 0 fully saturated rings. The van der Waals surface area contributed by atoms with Gasteiger partial charge in [-0.2, -0.15) is 0 Å². The Balaban J connectivity index is 2.00. The molecule has 0 saturated heterocycles. The van der Waals surface area contributed by atoms with Crippen molar-refractivity contribution in [2.24, 2.45) is 0 Å². The molecule has 2 aromatic carbocycles. The van der Waals surface area contributed by atoms with Crippen LogP contribution in [0, 0.1) is 13.8 Å². The molecule has 2 atom stereocenters. The lowest BCUT2D eigenvalue weighted by Gasteiger charge is -2.20. The summed E-state index contributed by atoms with van der Waals surface area (Å²) in [6.07, 6.45) is -0.592. The normalized spacial score (nSPS) is 13.0. The highest BCUT2D eigenvalue weighted by atomic mass is 16.5. The fraction of sp³-hybridized carbons (Fsp3) is 0.350. The fourth-order valence-corrected chi connectivity index (χ4v) is 2.65. The molecule has 0 aliphatic carbocycles. The van der Waals surface area contributed by atoms with Crippen molar-refractivity contribution < 1.29 is 14.3 Å². The minimum atomic E-state index is -0.592. The smallest absolute Gasteiger partial charge is 0.261 e. The molecule has 0 bridgehead atoms. The molecule has 0 radical (unpaired) electrons. The van der Waals surface area contributed by atoms with Crippen LogP contribution in [0.4, 0.5) is 0 Å². The number of hydrogen-bond donors (Lipinski definition) is 1. The number of nitrogens with one attached hydrogen (secondary N) is 1. The van der Waals surface area contributed by atoms with E-state index in [1.165, 1.54) is 11.1 Å². The van der Waals surface area contributed by atoms with Crippen LogP contribution in [0.3, 0.4) is 0 Å². The van der Waals surface area contributed by atoms with E-state index in [1.54, 1.807) is 26.2 Å². The van der Waals surface area contributed by atoms with Gasteiger partial charge in [0.15, 0.2) is 6.10 Å². The zero-order valence-corrected chi connectivity index (χ0v) is 14.9. The molecule has 0 heterocycles. The summed E-state index contributed by atoms with van der Waals surface area (Å²) >= 11 is 0. The van der Waals surface area contributed by atoms with Gasteiger partial charge in [0.05, 0.1) is 13.2 Å². The first-order chi connectivity index (χ1) is 11.4. The molecule has 2 aromatic rings. The van der Waals surface area contributed by atoms with Crippen molar-refractivity contribution in [1.82, 2.24) is 5.32 Å². The van der Waals surface area contributed by atoms with Gasteiger partial charge in [-0.1, -0.05) is 29.8 Å². The summed E-state index contributed by atoms with van der Waals surface area (Å²) in [5, 5.41) is 3.01. The number of aryl methyl sites for hydroxylation is 2. The Bertz CT molecular complexity index is 712. The number of amides is 1. The van der Waals surface area contributed by atoms with Crippen LogP contribution in [-0.2, 0) is 4.79 Å². The van der Waals surface area contributed by atoms with Gasteiger partial charge in [0, 0.05) is 6.07 Å². The second-order valence-electron chi connectivity index (χ2n) is 6.03. The molecule has 4 nitrogen and oxygen atoms in total. The van der Waals surface area contributed by atoms with Gasteiger partial charge in [0.2, 0.25) is 0 Å². The summed E-state index contributed by atoms with van der Waals surface area (Å²) in [5.41, 5.74) is 3.50. The molecule has 2 rings (SSSR count). The van der Waals surface area contributed by atoms with Gasteiger partial charge in [-0.3, -0.25) is 4.79 Å². The van der Waals surface area contributed by atoms with Crippen molar-refractivity contribution in [1.29, 1.82) is 0 Å². The maximum absolute atomic E-state index is 12.4. The SMILES string of the molecule is COc1cccc(O[C@H](C)C(=O)N[C@@H](C)c2ccc(C)cc2C)c1. The topological polar surface area (TPSA) is 47.6 Å². The van der Waals surface area contributed by atoms with Crippen molar-refractivity contribution in [2.75, 3.05) is 7.11 Å². The second kappa shape index (κ2) is 7.86. The van der Waals surface area contributed by atoms with Gasteiger partial charge in [-0.15, -0.1) is 0 Å². The van der Waals surface area contributed by atoms with E-state index in [1.807, 2.05) is 19.1 Å². The second-order valence-corrected chi connectivity index (χ2v) is 6.03. The molecule has 0 spiro atoms. The lowest BCUT2D eigenvalue weighted by Crippen LogP contribution is -2.38. The number of benzene rings is 2. The highest BCUT2D eigenvalue weighted by Crippen LogP contribution is 2.21. The first-order valence-corrected chi connectivity index (χ1v) is 8.09. The van der Waals surface area contributed by atoms with E-state index in [0.717, 1.165) is 5.56 Å². The molecule has 128 valence electrons. The Morgan fingerprint density at radius 2 is 1.75 bits per heavy atom. The molecule has 0 saturated carbocycles. The third-order valence-corrected chi connectivity index (χ3v) is 3.97. The van der Waals surface area contributed by atoms with Gasteiger partial charge in [-0.05, 0) is 51.0 Å². The summed E-state index contributed by atoms with van der Waals surface area (Å²) < 4.78 is 10.9. The Labute approximate surface area is 143 Å².